The molecule has 1 aliphatic rings. The number of nitrogens with two attached hydrogens (primary N) is 1. The number of phenolic OH excluding ortho intramolecular Hbond substituents is 1. The molecule has 7 heteroatoms. The van der Waals surface area contributed by atoms with Crippen LogP contribution in [0.3, 0.4) is 0 Å². The molecule has 1 aliphatic heterocycles. The van der Waals surface area contributed by atoms with Crippen molar-refractivity contribution in [2.75, 3.05) is 4.90 Å². The maximum atomic E-state index is 12.6. The molecule has 0 saturated heterocycles. The first-order valence-electron chi connectivity index (χ1n) is 6.79. The number of imide groups is 1. The van der Waals surface area contributed by atoms with Gasteiger partial charge in [-0.3, -0.25) is 4.79 Å². The summed E-state index contributed by atoms with van der Waals surface area (Å²) in [6.07, 6.45) is 0.158. The van der Waals surface area contributed by atoms with Crippen molar-refractivity contribution in [2.45, 2.75) is 12.3 Å². The quantitative estimate of drug-likeness (QED) is 0.869. The molecule has 0 fully saturated rings. The highest BCUT2D eigenvalue weighted by Gasteiger charge is 2.40. The van der Waals surface area contributed by atoms with Crippen LogP contribution in [0, 0.1) is 0 Å². The molecule has 5 nitrogen and oxygen atoms in total. The number of anilines is 1. The Balaban J connectivity index is 2.05. The van der Waals surface area contributed by atoms with Crippen molar-refractivity contribution in [3.05, 3.63) is 57.6 Å². The van der Waals surface area contributed by atoms with E-state index in [1.807, 2.05) is 0 Å². The first kappa shape index (κ1) is 15.6. The lowest BCUT2D eigenvalue weighted by Crippen LogP contribution is -2.39. The van der Waals surface area contributed by atoms with Gasteiger partial charge in [0.25, 0.3) is 0 Å². The zero-order chi connectivity index (χ0) is 16.7. The van der Waals surface area contributed by atoms with Crippen molar-refractivity contribution in [1.82, 2.24) is 0 Å². The molecule has 1 unspecified atom stereocenters. The molecule has 0 saturated carbocycles. The van der Waals surface area contributed by atoms with Crippen LogP contribution in [-0.2, 0) is 11.2 Å². The van der Waals surface area contributed by atoms with Gasteiger partial charge in [-0.25, -0.2) is 9.69 Å². The number of nitrogens with zero attached hydrogens (tertiary/aromatic N) is 1. The fraction of sp³-hybridized carbons (Fsp3) is 0.125. The number of carbonyl (C=O) groups is 2. The Morgan fingerprint density at radius 2 is 1.96 bits per heavy atom. The zero-order valence-electron chi connectivity index (χ0n) is 11.8. The predicted octanol–water partition coefficient (Wildman–Crippen LogP) is 3.45. The highest BCUT2D eigenvalue weighted by molar-refractivity contribution is 6.35. The molecule has 0 aliphatic carbocycles. The van der Waals surface area contributed by atoms with Crippen LogP contribution in [0.5, 0.6) is 5.75 Å². The number of phenols is 1. The van der Waals surface area contributed by atoms with Crippen molar-refractivity contribution in [2.24, 2.45) is 5.73 Å². The minimum absolute atomic E-state index is 0.109. The van der Waals surface area contributed by atoms with Crippen molar-refractivity contribution in [1.29, 1.82) is 0 Å². The second kappa shape index (κ2) is 5.76. The number of fused-ring (bicyclic) bond motifs is 1. The molecule has 23 heavy (non-hydrogen) atoms. The number of hydrogen-bond donors (Lipinski definition) is 2. The molecular formula is C16H12Cl2N2O3. The molecule has 0 radical (unpaired) electrons. The monoisotopic (exact) mass is 350 g/mol. The molecule has 3 rings (SSSR count). The van der Waals surface area contributed by atoms with E-state index in [2.05, 4.69) is 0 Å². The summed E-state index contributed by atoms with van der Waals surface area (Å²) in [5.41, 5.74) is 6.88. The first-order valence-corrected chi connectivity index (χ1v) is 7.55. The number of rotatable bonds is 2. The van der Waals surface area contributed by atoms with Gasteiger partial charge in [-0.2, -0.15) is 0 Å². The molecule has 2 aromatic carbocycles. The average Bonchev–Trinajstić information content (AvgIpc) is 2.77. The number of halogens is 2. The Kier molecular flexibility index (Phi) is 3.92. The fourth-order valence-electron chi connectivity index (χ4n) is 2.81. The van der Waals surface area contributed by atoms with E-state index in [0.717, 1.165) is 4.90 Å². The topological polar surface area (TPSA) is 83.6 Å². The maximum Gasteiger partial charge on any atom is 0.326 e. The van der Waals surface area contributed by atoms with Gasteiger partial charge in [0.1, 0.15) is 5.75 Å². The summed E-state index contributed by atoms with van der Waals surface area (Å²) in [6, 6.07) is 9.03. The highest BCUT2D eigenvalue weighted by atomic mass is 35.5. The Hall–Kier alpha value is -2.24. The van der Waals surface area contributed by atoms with E-state index in [1.165, 1.54) is 6.07 Å². The lowest BCUT2D eigenvalue weighted by atomic mass is 9.93. The fourth-order valence-corrected chi connectivity index (χ4v) is 3.35. The lowest BCUT2D eigenvalue weighted by molar-refractivity contribution is -0.118. The third-order valence-corrected chi connectivity index (χ3v) is 4.33. The Morgan fingerprint density at radius 1 is 1.26 bits per heavy atom. The van der Waals surface area contributed by atoms with Crippen molar-refractivity contribution in [3.8, 4) is 5.75 Å². The van der Waals surface area contributed by atoms with E-state index in [4.69, 9.17) is 28.9 Å². The Labute approximate surface area is 142 Å². The maximum absolute atomic E-state index is 12.6. The number of para-hydroxylation sites is 1. The third-order valence-electron chi connectivity index (χ3n) is 3.82. The van der Waals surface area contributed by atoms with Gasteiger partial charge in [-0.05, 0) is 35.7 Å². The average molecular weight is 351 g/mol. The lowest BCUT2D eigenvalue weighted by Gasteiger charge is -2.14. The second-order valence-corrected chi connectivity index (χ2v) is 6.07. The molecule has 2 aromatic rings. The van der Waals surface area contributed by atoms with Crippen molar-refractivity contribution < 1.29 is 14.7 Å². The summed E-state index contributed by atoms with van der Waals surface area (Å²) >= 11 is 11.9. The first-order chi connectivity index (χ1) is 10.9. The van der Waals surface area contributed by atoms with Crippen LogP contribution >= 0.6 is 23.2 Å². The van der Waals surface area contributed by atoms with Crippen LogP contribution in [0.25, 0.3) is 0 Å². The van der Waals surface area contributed by atoms with Gasteiger partial charge in [0.05, 0.1) is 16.6 Å². The van der Waals surface area contributed by atoms with Gasteiger partial charge in [0, 0.05) is 5.02 Å². The summed E-state index contributed by atoms with van der Waals surface area (Å²) in [5.74, 6) is -1.20. The van der Waals surface area contributed by atoms with Crippen LogP contribution in [0.4, 0.5) is 10.5 Å². The van der Waals surface area contributed by atoms with Crippen LogP contribution in [0.15, 0.2) is 36.4 Å². The second-order valence-electron chi connectivity index (χ2n) is 5.22. The number of primary amides is 1. The minimum atomic E-state index is -0.835. The number of benzene rings is 2. The smallest absolute Gasteiger partial charge is 0.326 e. The van der Waals surface area contributed by atoms with Gasteiger partial charge in [0.2, 0.25) is 5.91 Å². The van der Waals surface area contributed by atoms with Crippen molar-refractivity contribution in [3.63, 3.8) is 0 Å². The SMILES string of the molecule is NC(=O)N1C(=O)C(Cc2cc(Cl)cc(Cl)c2O)c2ccccc21. The Bertz CT molecular complexity index is 823. The summed E-state index contributed by atoms with van der Waals surface area (Å²) in [6.45, 7) is 0. The third kappa shape index (κ3) is 2.62. The standard InChI is InChI=1S/C16H12Cl2N2O3/c17-9-5-8(14(21)12(18)7-9)6-11-10-3-1-2-4-13(10)20(15(11)22)16(19)23/h1-5,7,11,21H,6H2,(H2,19,23). The van der Waals surface area contributed by atoms with Gasteiger partial charge in [-0.1, -0.05) is 41.4 Å². The molecule has 3 amide bonds. The summed E-state index contributed by atoms with van der Waals surface area (Å²) in [5, 5.41) is 10.5. The summed E-state index contributed by atoms with van der Waals surface area (Å²) < 4.78 is 0. The molecule has 3 N–H and O–H groups in total. The molecule has 118 valence electrons. The van der Waals surface area contributed by atoms with Gasteiger partial charge in [0.15, 0.2) is 0 Å². The minimum Gasteiger partial charge on any atom is -0.506 e. The van der Waals surface area contributed by atoms with Crippen molar-refractivity contribution >= 4 is 40.8 Å². The summed E-state index contributed by atoms with van der Waals surface area (Å²) in [4.78, 5) is 25.1. The number of amides is 3. The van der Waals surface area contributed by atoms with Crippen LogP contribution in [0.1, 0.15) is 17.0 Å². The molecule has 1 heterocycles. The summed E-state index contributed by atoms with van der Waals surface area (Å²) in [7, 11) is 0. The normalized spacial score (nSPS) is 16.5. The van der Waals surface area contributed by atoms with E-state index in [9.17, 15) is 14.7 Å². The molecule has 1 atom stereocenters. The van der Waals surface area contributed by atoms with Gasteiger partial charge >= 0.3 is 6.03 Å². The zero-order valence-corrected chi connectivity index (χ0v) is 13.3. The van der Waals surface area contributed by atoms with Gasteiger partial charge in [-0.15, -0.1) is 0 Å². The molecule has 0 spiro atoms. The van der Waals surface area contributed by atoms with E-state index in [0.29, 0.717) is 21.8 Å². The van der Waals surface area contributed by atoms with E-state index < -0.39 is 17.9 Å². The number of urea groups is 1. The van der Waals surface area contributed by atoms with E-state index >= 15 is 0 Å². The van der Waals surface area contributed by atoms with Crippen LogP contribution < -0.4 is 10.6 Å². The van der Waals surface area contributed by atoms with Crippen LogP contribution in [0.2, 0.25) is 10.0 Å². The van der Waals surface area contributed by atoms with Gasteiger partial charge < -0.3 is 10.8 Å². The number of aromatic hydroxyl groups is 1. The highest BCUT2D eigenvalue weighted by Crippen LogP contribution is 2.41. The van der Waals surface area contributed by atoms with Crippen LogP contribution in [-0.4, -0.2) is 17.0 Å². The Morgan fingerprint density at radius 3 is 2.65 bits per heavy atom. The largest absolute Gasteiger partial charge is 0.506 e. The predicted molar refractivity (Wildman–Crippen MR) is 88.1 cm³/mol. The van der Waals surface area contributed by atoms with E-state index in [1.54, 1.807) is 30.3 Å². The number of carbonyl (C=O) groups excluding carboxylic acids is 2. The number of hydrogen-bond acceptors (Lipinski definition) is 3. The molecule has 0 aromatic heterocycles. The van der Waals surface area contributed by atoms with E-state index in [-0.39, 0.29) is 17.2 Å². The molecular weight excluding hydrogens is 339 g/mol. The molecule has 0 bridgehead atoms.